The van der Waals surface area contributed by atoms with Gasteiger partial charge in [-0.25, -0.2) is 8.78 Å². The number of carbonyl (C=O) groups is 1. The fourth-order valence-corrected chi connectivity index (χ4v) is 1.34. The number of anilines is 1. The molecular formula is C10H11F2N3O3. The number of hydrogen-bond acceptors (Lipinski definition) is 4. The van der Waals surface area contributed by atoms with Crippen LogP contribution in [0.4, 0.5) is 20.2 Å². The lowest BCUT2D eigenvalue weighted by Crippen LogP contribution is -2.31. The van der Waals surface area contributed by atoms with Crippen LogP contribution in [0.15, 0.2) is 18.2 Å². The van der Waals surface area contributed by atoms with E-state index in [1.807, 2.05) is 0 Å². The molecule has 98 valence electrons. The summed E-state index contributed by atoms with van der Waals surface area (Å²) in [4.78, 5) is 22.4. The standard InChI is InChI=1S/C10H11F2N3O3/c1-14(5-9(11)12)10(16)7-4-6(15(17)18)2-3-8(7)13/h2-4,9H,5,13H2,1H3. The number of carbonyl (C=O) groups excluding carboxylic acids is 1. The molecule has 8 heteroatoms. The molecule has 6 nitrogen and oxygen atoms in total. The molecule has 0 aliphatic rings. The first-order valence-corrected chi connectivity index (χ1v) is 4.90. The Labute approximate surface area is 101 Å². The highest BCUT2D eigenvalue weighted by atomic mass is 19.3. The molecule has 1 rings (SSSR count). The molecule has 1 aromatic rings. The molecule has 1 aromatic carbocycles. The van der Waals surface area contributed by atoms with E-state index in [2.05, 4.69) is 0 Å². The molecule has 0 unspecified atom stereocenters. The number of nitrogens with zero attached hydrogens (tertiary/aromatic N) is 2. The number of amides is 1. The van der Waals surface area contributed by atoms with Gasteiger partial charge in [-0.1, -0.05) is 0 Å². The number of non-ortho nitro benzene ring substituents is 1. The highest BCUT2D eigenvalue weighted by Crippen LogP contribution is 2.21. The van der Waals surface area contributed by atoms with Gasteiger partial charge in [-0.15, -0.1) is 0 Å². The van der Waals surface area contributed by atoms with Crippen LogP contribution in [-0.2, 0) is 0 Å². The summed E-state index contributed by atoms with van der Waals surface area (Å²) in [6.07, 6.45) is -2.68. The normalized spacial score (nSPS) is 10.4. The SMILES string of the molecule is CN(CC(F)F)C(=O)c1cc([N+](=O)[O-])ccc1N. The van der Waals surface area contributed by atoms with Crippen molar-refractivity contribution in [2.45, 2.75) is 6.43 Å². The first-order valence-electron chi connectivity index (χ1n) is 4.90. The van der Waals surface area contributed by atoms with Crippen LogP contribution in [0, 0.1) is 10.1 Å². The van der Waals surface area contributed by atoms with Crippen LogP contribution >= 0.6 is 0 Å². The van der Waals surface area contributed by atoms with Gasteiger partial charge in [0.1, 0.15) is 0 Å². The zero-order chi connectivity index (χ0) is 13.9. The quantitative estimate of drug-likeness (QED) is 0.504. The second-order valence-electron chi connectivity index (χ2n) is 3.61. The summed E-state index contributed by atoms with van der Waals surface area (Å²) in [6, 6.07) is 3.31. The van der Waals surface area contributed by atoms with Crippen molar-refractivity contribution in [1.82, 2.24) is 4.90 Å². The highest BCUT2D eigenvalue weighted by Gasteiger charge is 2.20. The first-order chi connectivity index (χ1) is 8.32. The molecule has 0 heterocycles. The monoisotopic (exact) mass is 259 g/mol. The lowest BCUT2D eigenvalue weighted by atomic mass is 10.1. The van der Waals surface area contributed by atoms with Gasteiger partial charge in [0, 0.05) is 24.9 Å². The van der Waals surface area contributed by atoms with E-state index in [0.717, 1.165) is 17.0 Å². The predicted molar refractivity (Wildman–Crippen MR) is 60.5 cm³/mol. The minimum absolute atomic E-state index is 0.00622. The van der Waals surface area contributed by atoms with Gasteiger partial charge in [-0.2, -0.15) is 0 Å². The summed E-state index contributed by atoms with van der Waals surface area (Å²) in [6.45, 7) is -0.763. The minimum atomic E-state index is -2.68. The van der Waals surface area contributed by atoms with Gasteiger partial charge >= 0.3 is 0 Å². The Hall–Kier alpha value is -2.25. The highest BCUT2D eigenvalue weighted by molar-refractivity contribution is 5.99. The molecule has 0 atom stereocenters. The third-order valence-electron chi connectivity index (χ3n) is 2.24. The summed E-state index contributed by atoms with van der Waals surface area (Å²) in [5.41, 5.74) is 5.03. The molecule has 18 heavy (non-hydrogen) atoms. The summed E-state index contributed by atoms with van der Waals surface area (Å²) in [5.74, 6) is -0.781. The van der Waals surface area contributed by atoms with Crippen LogP contribution in [-0.4, -0.2) is 35.7 Å². The van der Waals surface area contributed by atoms with Gasteiger partial charge in [-0.3, -0.25) is 14.9 Å². The number of alkyl halides is 2. The van der Waals surface area contributed by atoms with Crippen molar-refractivity contribution in [3.63, 3.8) is 0 Å². The van der Waals surface area contributed by atoms with Crippen molar-refractivity contribution < 1.29 is 18.5 Å². The van der Waals surface area contributed by atoms with Crippen LogP contribution in [0.25, 0.3) is 0 Å². The third kappa shape index (κ3) is 3.12. The lowest BCUT2D eigenvalue weighted by Gasteiger charge is -2.17. The topological polar surface area (TPSA) is 89.5 Å². The van der Waals surface area contributed by atoms with Crippen molar-refractivity contribution >= 4 is 17.3 Å². The first kappa shape index (κ1) is 13.8. The van der Waals surface area contributed by atoms with Crippen molar-refractivity contribution in [3.05, 3.63) is 33.9 Å². The number of nitro benzene ring substituents is 1. The maximum Gasteiger partial charge on any atom is 0.270 e. The van der Waals surface area contributed by atoms with Crippen LogP contribution in [0.3, 0.4) is 0 Å². The van der Waals surface area contributed by atoms with Gasteiger partial charge < -0.3 is 10.6 Å². The van der Waals surface area contributed by atoms with Crippen molar-refractivity contribution in [1.29, 1.82) is 0 Å². The smallest absolute Gasteiger partial charge is 0.270 e. The van der Waals surface area contributed by atoms with Crippen LogP contribution in [0.1, 0.15) is 10.4 Å². The Kier molecular flexibility index (Phi) is 4.13. The average Bonchev–Trinajstić information content (AvgIpc) is 2.27. The van der Waals surface area contributed by atoms with E-state index in [-0.39, 0.29) is 16.9 Å². The zero-order valence-corrected chi connectivity index (χ0v) is 9.47. The van der Waals surface area contributed by atoms with Crippen molar-refractivity contribution in [2.24, 2.45) is 0 Å². The predicted octanol–water partition coefficient (Wildman–Crippen LogP) is 1.51. The van der Waals surface area contributed by atoms with Crippen molar-refractivity contribution in [2.75, 3.05) is 19.3 Å². The van der Waals surface area contributed by atoms with Gasteiger partial charge in [0.25, 0.3) is 18.0 Å². The molecule has 0 aromatic heterocycles. The van der Waals surface area contributed by atoms with E-state index < -0.39 is 23.8 Å². The van der Waals surface area contributed by atoms with Crippen LogP contribution in [0.5, 0.6) is 0 Å². The van der Waals surface area contributed by atoms with Gasteiger partial charge in [0.05, 0.1) is 17.0 Å². The summed E-state index contributed by atoms with van der Waals surface area (Å²) < 4.78 is 24.3. The summed E-state index contributed by atoms with van der Waals surface area (Å²) >= 11 is 0. The van der Waals surface area contributed by atoms with E-state index in [4.69, 9.17) is 5.73 Å². The van der Waals surface area contributed by atoms with Crippen molar-refractivity contribution in [3.8, 4) is 0 Å². The van der Waals surface area contributed by atoms with Crippen LogP contribution in [0.2, 0.25) is 0 Å². The number of halogens is 2. The van der Waals surface area contributed by atoms with Gasteiger partial charge in [0.2, 0.25) is 0 Å². The van der Waals surface area contributed by atoms with Crippen LogP contribution < -0.4 is 5.73 Å². The van der Waals surface area contributed by atoms with E-state index in [1.54, 1.807) is 0 Å². The molecule has 0 fully saturated rings. The average molecular weight is 259 g/mol. The molecule has 0 saturated carbocycles. The Morgan fingerprint density at radius 1 is 1.56 bits per heavy atom. The van der Waals surface area contributed by atoms with E-state index in [9.17, 15) is 23.7 Å². The molecule has 0 saturated heterocycles. The van der Waals surface area contributed by atoms with E-state index in [1.165, 1.54) is 13.1 Å². The lowest BCUT2D eigenvalue weighted by molar-refractivity contribution is -0.384. The van der Waals surface area contributed by atoms with E-state index in [0.29, 0.717) is 0 Å². The van der Waals surface area contributed by atoms with Gasteiger partial charge in [-0.05, 0) is 6.07 Å². The Bertz CT molecular complexity index is 479. The maximum absolute atomic E-state index is 12.1. The number of nitrogen functional groups attached to an aromatic ring is 1. The second kappa shape index (κ2) is 5.39. The number of hydrogen-bond donors (Lipinski definition) is 1. The third-order valence-corrected chi connectivity index (χ3v) is 2.24. The number of rotatable bonds is 4. The number of nitrogens with two attached hydrogens (primary N) is 1. The fraction of sp³-hybridized carbons (Fsp3) is 0.300. The Morgan fingerprint density at radius 3 is 2.67 bits per heavy atom. The van der Waals surface area contributed by atoms with Gasteiger partial charge in [0.15, 0.2) is 0 Å². The molecule has 0 aliphatic carbocycles. The summed E-state index contributed by atoms with van der Waals surface area (Å²) in [7, 11) is 1.17. The molecule has 1 amide bonds. The Balaban J connectivity index is 3.04. The summed E-state index contributed by atoms with van der Waals surface area (Å²) in [5, 5.41) is 10.6. The van der Waals surface area contributed by atoms with E-state index >= 15 is 0 Å². The molecular weight excluding hydrogens is 248 g/mol. The molecule has 2 N–H and O–H groups in total. The molecule has 0 aliphatic heterocycles. The second-order valence-corrected chi connectivity index (χ2v) is 3.61. The maximum atomic E-state index is 12.1. The molecule has 0 bridgehead atoms. The fourth-order valence-electron chi connectivity index (χ4n) is 1.34. The number of nitro groups is 1. The minimum Gasteiger partial charge on any atom is -0.398 e. The Morgan fingerprint density at radius 2 is 2.17 bits per heavy atom. The number of benzene rings is 1. The molecule has 0 radical (unpaired) electrons. The molecule has 0 spiro atoms. The zero-order valence-electron chi connectivity index (χ0n) is 9.47. The largest absolute Gasteiger partial charge is 0.398 e.